The molecular weight excluding hydrogens is 74.1 g/mol. The summed E-state index contributed by atoms with van der Waals surface area (Å²) in [6, 6.07) is 4.07. The molecule has 0 spiro atoms. The van der Waals surface area contributed by atoms with Gasteiger partial charge in [0.05, 0.1) is 5.69 Å². The zero-order chi connectivity index (χ0) is 3.98. The summed E-state index contributed by atoms with van der Waals surface area (Å²) in [6.45, 7) is 0. The molecule has 0 aromatic rings. The number of rotatable bonds is 0. The molecule has 2 aliphatic rings. The van der Waals surface area contributed by atoms with Gasteiger partial charge in [-0.15, -0.1) is 0 Å². The predicted molar refractivity (Wildman–Crippen MR) is 23.2 cm³/mol. The molecule has 1 aliphatic carbocycles. The van der Waals surface area contributed by atoms with Gasteiger partial charge in [0.2, 0.25) is 0 Å². The Morgan fingerprint density at radius 2 is 2.17 bits per heavy atom. The van der Waals surface area contributed by atoms with Crippen molar-refractivity contribution in [2.75, 3.05) is 0 Å². The third-order valence-electron chi connectivity index (χ3n) is 1.06. The van der Waals surface area contributed by atoms with Gasteiger partial charge in [-0.2, -0.15) is 0 Å². The minimum Gasteiger partial charge on any atom is -0.256 e. The third kappa shape index (κ3) is 0.0842. The van der Waals surface area contributed by atoms with E-state index in [4.69, 9.17) is 0 Å². The highest BCUT2D eigenvalue weighted by Gasteiger charge is 2.06. The van der Waals surface area contributed by atoms with Gasteiger partial charge in [0, 0.05) is 11.8 Å². The van der Waals surface area contributed by atoms with Gasteiger partial charge < -0.3 is 0 Å². The summed E-state index contributed by atoms with van der Waals surface area (Å²) in [7, 11) is 0. The van der Waals surface area contributed by atoms with Crippen molar-refractivity contribution < 1.29 is 0 Å². The number of hydrogen-bond donors (Lipinski definition) is 0. The van der Waals surface area contributed by atoms with Crippen molar-refractivity contribution >= 4 is 0 Å². The molecule has 0 bridgehead atoms. The number of hydrogen-bond acceptors (Lipinski definition) is 1. The molecule has 28 valence electrons. The third-order valence-corrected chi connectivity index (χ3v) is 1.06. The van der Waals surface area contributed by atoms with Crippen LogP contribution in [0.15, 0.2) is 18.3 Å². The summed E-state index contributed by atoms with van der Waals surface area (Å²) < 4.78 is 0. The normalized spacial score (nSPS) is 11.3. The van der Waals surface area contributed by atoms with Crippen LogP contribution in [0.2, 0.25) is 0 Å². The fraction of sp³-hybridized carbons (Fsp3) is 0. The Labute approximate surface area is 35.6 Å². The number of pyridine rings is 1. The molecule has 0 saturated carbocycles. The molecule has 1 heteroatoms. The van der Waals surface area contributed by atoms with Gasteiger partial charge in [0.15, 0.2) is 0 Å². The van der Waals surface area contributed by atoms with E-state index in [0.29, 0.717) is 0 Å². The van der Waals surface area contributed by atoms with E-state index < -0.39 is 0 Å². The molecule has 0 amide bonds. The van der Waals surface area contributed by atoms with Gasteiger partial charge in [-0.3, -0.25) is 4.98 Å². The first kappa shape index (κ1) is 2.35. The van der Waals surface area contributed by atoms with Crippen molar-refractivity contribution in [1.29, 1.82) is 0 Å². The highest BCUT2D eigenvalue weighted by molar-refractivity contribution is 5.68. The molecule has 6 heavy (non-hydrogen) atoms. The van der Waals surface area contributed by atoms with Crippen molar-refractivity contribution in [2.45, 2.75) is 0 Å². The van der Waals surface area contributed by atoms with E-state index >= 15 is 0 Å². The van der Waals surface area contributed by atoms with Crippen LogP contribution in [0.25, 0.3) is 11.3 Å². The van der Waals surface area contributed by atoms with Crippen LogP contribution in [-0.2, 0) is 0 Å². The Bertz CT molecular complexity index is 143. The molecule has 2 rings (SSSR count). The van der Waals surface area contributed by atoms with Crippen LogP contribution < -0.4 is 0 Å². The van der Waals surface area contributed by atoms with Gasteiger partial charge >= 0.3 is 0 Å². The first-order valence-electron chi connectivity index (χ1n) is 1.93. The van der Waals surface area contributed by atoms with Crippen molar-refractivity contribution in [3.63, 3.8) is 0 Å². The molecule has 0 saturated heterocycles. The molecule has 1 nitrogen and oxygen atoms in total. The fourth-order valence-electron chi connectivity index (χ4n) is 0.554. The van der Waals surface area contributed by atoms with E-state index in [1.807, 2.05) is 12.3 Å². The maximum atomic E-state index is 3.91. The van der Waals surface area contributed by atoms with Crippen LogP contribution in [0.3, 0.4) is 0 Å². The highest BCUT2D eigenvalue weighted by Crippen LogP contribution is 2.25. The Morgan fingerprint density at radius 1 is 1.33 bits per heavy atom. The lowest BCUT2D eigenvalue weighted by atomic mass is 10.1. The summed E-state index contributed by atoms with van der Waals surface area (Å²) in [5.41, 5.74) is 2.49. The Morgan fingerprint density at radius 3 is 2.17 bits per heavy atom. The maximum absolute atomic E-state index is 3.91. The van der Waals surface area contributed by atoms with Gasteiger partial charge in [0.1, 0.15) is 0 Å². The molecule has 0 fully saturated rings. The first-order valence-corrected chi connectivity index (χ1v) is 1.93. The molecule has 0 atom stereocenters. The van der Waals surface area contributed by atoms with E-state index in [-0.39, 0.29) is 0 Å². The first-order chi connectivity index (χ1) is 2.97. The summed E-state index contributed by atoms with van der Waals surface area (Å²) in [4.78, 5) is 3.91. The second kappa shape index (κ2) is 0.492. The summed E-state index contributed by atoms with van der Waals surface area (Å²) in [6.07, 6.45) is 1.87. The zero-order valence-electron chi connectivity index (χ0n) is 3.18. The molecule has 0 unspecified atom stereocenters. The van der Waals surface area contributed by atoms with E-state index in [1.165, 1.54) is 11.3 Å². The lowest BCUT2D eigenvalue weighted by Gasteiger charge is -2.08. The van der Waals surface area contributed by atoms with Crippen LogP contribution in [0, 0.1) is 0 Å². The maximum Gasteiger partial charge on any atom is 0.0717 e. The van der Waals surface area contributed by atoms with Crippen molar-refractivity contribution in [3.8, 4) is 11.3 Å². The zero-order valence-corrected chi connectivity index (χ0v) is 3.18. The summed E-state index contributed by atoms with van der Waals surface area (Å²) in [5, 5.41) is 0. The quantitative estimate of drug-likeness (QED) is 0.458. The van der Waals surface area contributed by atoms with Gasteiger partial charge in [-0.05, 0) is 12.1 Å². The average Bonchev–Trinajstić information content (AvgIpc) is 1.54. The minimum atomic E-state index is 1.18. The van der Waals surface area contributed by atoms with Crippen molar-refractivity contribution in [1.82, 2.24) is 4.98 Å². The fourth-order valence-corrected chi connectivity index (χ4v) is 0.554. The Kier molecular flexibility index (Phi) is 0.192. The van der Waals surface area contributed by atoms with E-state index in [0.717, 1.165) is 0 Å². The minimum absolute atomic E-state index is 1.18. The molecule has 0 N–H and O–H groups in total. The largest absolute Gasteiger partial charge is 0.256 e. The van der Waals surface area contributed by atoms with Gasteiger partial charge in [0.25, 0.3) is 0 Å². The highest BCUT2D eigenvalue weighted by atomic mass is 14.7. The molecule has 0 aromatic heterocycles. The lowest BCUT2D eigenvalue weighted by molar-refractivity contribution is 1.23. The van der Waals surface area contributed by atoms with Crippen LogP contribution in [0.5, 0.6) is 0 Å². The topological polar surface area (TPSA) is 12.9 Å². The monoisotopic (exact) mass is 77.0 g/mol. The molecule has 0 aromatic carbocycles. The standard InChI is InChI=1S/C5H3N/c1-2-5-4(1)3-6-5/h1-3H. The van der Waals surface area contributed by atoms with Crippen LogP contribution in [-0.4, -0.2) is 4.98 Å². The van der Waals surface area contributed by atoms with Gasteiger partial charge in [-0.1, -0.05) is 0 Å². The molecule has 1 heterocycles. The average molecular weight is 77.1 g/mol. The van der Waals surface area contributed by atoms with Crippen molar-refractivity contribution in [3.05, 3.63) is 18.3 Å². The van der Waals surface area contributed by atoms with Gasteiger partial charge in [-0.25, -0.2) is 0 Å². The van der Waals surface area contributed by atoms with Crippen molar-refractivity contribution in [2.24, 2.45) is 0 Å². The number of aromatic nitrogens is 1. The Balaban J connectivity index is 2.95. The summed E-state index contributed by atoms with van der Waals surface area (Å²) in [5.74, 6) is 0. The molecule has 1 aliphatic heterocycles. The van der Waals surface area contributed by atoms with E-state index in [1.54, 1.807) is 0 Å². The predicted octanol–water partition coefficient (Wildman–Crippen LogP) is 1.06. The lowest BCUT2D eigenvalue weighted by Crippen LogP contribution is -1.92. The van der Waals surface area contributed by atoms with Crippen LogP contribution in [0.4, 0.5) is 0 Å². The smallest absolute Gasteiger partial charge is 0.0717 e. The van der Waals surface area contributed by atoms with Crippen LogP contribution in [0.1, 0.15) is 0 Å². The number of nitrogens with zero attached hydrogens (tertiary/aromatic N) is 1. The second-order valence-electron chi connectivity index (χ2n) is 1.43. The summed E-state index contributed by atoms with van der Waals surface area (Å²) >= 11 is 0. The number of fused-ring (bicyclic) bond motifs is 1. The molecular formula is C5H3N. The second-order valence-corrected chi connectivity index (χ2v) is 1.43. The SMILES string of the molecule is c1cc2ncc1-2. The van der Waals surface area contributed by atoms with Crippen LogP contribution >= 0.6 is 0 Å². The van der Waals surface area contributed by atoms with E-state index in [2.05, 4.69) is 11.1 Å². The van der Waals surface area contributed by atoms with E-state index in [9.17, 15) is 0 Å². The Hall–Kier alpha value is -0.850. The molecule has 0 radical (unpaired) electrons.